The summed E-state index contributed by atoms with van der Waals surface area (Å²) in [6.07, 6.45) is 4.68. The maximum Gasteiger partial charge on any atom is 0.407 e. The predicted molar refractivity (Wildman–Crippen MR) is 138 cm³/mol. The lowest BCUT2D eigenvalue weighted by Crippen LogP contribution is -2.44. The second-order valence-electron chi connectivity index (χ2n) is 8.89. The lowest BCUT2D eigenvalue weighted by atomic mass is 10.0. The van der Waals surface area contributed by atoms with Gasteiger partial charge in [-0.1, -0.05) is 32.1 Å². The van der Waals surface area contributed by atoms with Crippen molar-refractivity contribution in [2.24, 2.45) is 11.7 Å². The number of hydrogen-bond acceptors (Lipinski definition) is 7. The predicted octanol–water partition coefficient (Wildman–Crippen LogP) is 2.72. The molecule has 11 heteroatoms. The van der Waals surface area contributed by atoms with E-state index in [0.29, 0.717) is 22.9 Å². The van der Waals surface area contributed by atoms with Gasteiger partial charge in [-0.15, -0.1) is 0 Å². The van der Waals surface area contributed by atoms with Gasteiger partial charge < -0.3 is 30.1 Å². The second kappa shape index (κ2) is 12.5. The number of ether oxygens (including phenoxy) is 1. The average molecular weight is 510 g/mol. The number of para-hydroxylation sites is 1. The number of carbonyl (C=O) groups is 3. The number of alkyl carbamates (subject to hydrolysis) is 1. The Bertz CT molecular complexity index is 1360. The number of oxazole rings is 1. The first-order valence-electron chi connectivity index (χ1n) is 11.9. The molecule has 0 saturated heterocycles. The van der Waals surface area contributed by atoms with E-state index in [2.05, 4.69) is 34.2 Å². The molecule has 3 amide bonds. The number of allylic oxidation sites excluding steroid dienone is 1. The fourth-order valence-electron chi connectivity index (χ4n) is 3.77. The van der Waals surface area contributed by atoms with Gasteiger partial charge in [-0.2, -0.15) is 0 Å². The Morgan fingerprint density at radius 1 is 1.22 bits per heavy atom. The second-order valence-corrected chi connectivity index (χ2v) is 8.89. The minimum absolute atomic E-state index is 0.0217. The molecule has 1 unspecified atom stereocenters. The average Bonchev–Trinajstić information content (AvgIpc) is 3.26. The summed E-state index contributed by atoms with van der Waals surface area (Å²) in [5.74, 6) is -0.434. The van der Waals surface area contributed by atoms with Crippen LogP contribution in [0.3, 0.4) is 0 Å². The van der Waals surface area contributed by atoms with E-state index < -0.39 is 29.5 Å². The van der Waals surface area contributed by atoms with Gasteiger partial charge in [0.25, 0.3) is 5.56 Å². The van der Waals surface area contributed by atoms with Gasteiger partial charge in [0.2, 0.25) is 17.7 Å². The number of hydrogen-bond donors (Lipinski definition) is 3. The molecule has 0 spiro atoms. The minimum atomic E-state index is -1.02. The van der Waals surface area contributed by atoms with Gasteiger partial charge >= 0.3 is 6.09 Å². The number of anilines is 1. The van der Waals surface area contributed by atoms with Crippen LogP contribution in [0.4, 0.5) is 10.5 Å². The number of nitrogens with zero attached hydrogens (tertiary/aromatic N) is 2. The van der Waals surface area contributed by atoms with Crippen molar-refractivity contribution in [1.29, 1.82) is 0 Å². The molecule has 1 aromatic carbocycles. The number of rotatable bonds is 11. The van der Waals surface area contributed by atoms with Crippen molar-refractivity contribution in [2.45, 2.75) is 45.7 Å². The smallest absolute Gasteiger partial charge is 0.407 e. The van der Waals surface area contributed by atoms with Crippen LogP contribution in [0.5, 0.6) is 0 Å². The third-order valence-corrected chi connectivity index (χ3v) is 5.45. The zero-order valence-electron chi connectivity index (χ0n) is 21.0. The summed E-state index contributed by atoms with van der Waals surface area (Å²) in [7, 11) is 1.17. The van der Waals surface area contributed by atoms with E-state index >= 15 is 0 Å². The Morgan fingerprint density at radius 2 is 2.00 bits per heavy atom. The van der Waals surface area contributed by atoms with Crippen LogP contribution in [0.25, 0.3) is 11.1 Å². The molecule has 0 saturated carbocycles. The standard InChI is InChI=1S/C26H31N5O6/c1-16(2)14-17-8-6-10-18-23(17)37-22(28-18)15-31-13-7-11-20(25(31)34)29-24(33)19(30-26(35)36-3)9-4-5-12-21(27)32/h5-8,10-13,16,19H,4,9,14-15H2,1-3H3,(H2,27,32)(H,29,33)(H,30,35)/b12-5+. The number of methoxy groups -OCH3 is 1. The number of benzene rings is 1. The van der Waals surface area contributed by atoms with E-state index in [1.165, 1.54) is 29.9 Å². The Hall–Kier alpha value is -4.41. The van der Waals surface area contributed by atoms with Crippen molar-refractivity contribution in [3.8, 4) is 0 Å². The number of pyridine rings is 1. The largest absolute Gasteiger partial charge is 0.453 e. The molecule has 0 aliphatic rings. The van der Waals surface area contributed by atoms with Gasteiger partial charge in [-0.05, 0) is 55.0 Å². The summed E-state index contributed by atoms with van der Waals surface area (Å²) < 4.78 is 11.9. The topological polar surface area (TPSA) is 159 Å². The van der Waals surface area contributed by atoms with Crippen molar-refractivity contribution < 1.29 is 23.5 Å². The zero-order valence-corrected chi connectivity index (χ0v) is 21.0. The Balaban J connectivity index is 1.78. The van der Waals surface area contributed by atoms with Crippen molar-refractivity contribution in [3.63, 3.8) is 0 Å². The number of aromatic nitrogens is 2. The summed E-state index contributed by atoms with van der Waals surface area (Å²) in [4.78, 5) is 53.1. The van der Waals surface area contributed by atoms with E-state index in [4.69, 9.17) is 10.2 Å². The van der Waals surface area contributed by atoms with Crippen molar-refractivity contribution in [2.75, 3.05) is 12.4 Å². The molecular weight excluding hydrogens is 478 g/mol. The highest BCUT2D eigenvalue weighted by Crippen LogP contribution is 2.23. The Labute approximate surface area is 213 Å². The summed E-state index contributed by atoms with van der Waals surface area (Å²) >= 11 is 0. The summed E-state index contributed by atoms with van der Waals surface area (Å²) in [5.41, 5.74) is 7.09. The minimum Gasteiger partial charge on any atom is -0.453 e. The molecule has 3 aromatic rings. The van der Waals surface area contributed by atoms with Gasteiger partial charge in [0.05, 0.1) is 7.11 Å². The maximum absolute atomic E-state index is 13.1. The van der Waals surface area contributed by atoms with Gasteiger partial charge in [-0.3, -0.25) is 14.4 Å². The van der Waals surface area contributed by atoms with Crippen LogP contribution in [-0.4, -0.2) is 40.6 Å². The van der Waals surface area contributed by atoms with Crippen LogP contribution in [0, 0.1) is 5.92 Å². The monoisotopic (exact) mass is 509 g/mol. The highest BCUT2D eigenvalue weighted by Gasteiger charge is 2.22. The SMILES string of the molecule is COC(=O)NC(CC/C=C/C(N)=O)C(=O)Nc1cccn(Cc2nc3cccc(CC(C)C)c3o2)c1=O. The van der Waals surface area contributed by atoms with Crippen molar-refractivity contribution in [3.05, 3.63) is 70.5 Å². The molecule has 3 rings (SSSR count). The molecule has 2 heterocycles. The van der Waals surface area contributed by atoms with Gasteiger partial charge in [0.1, 0.15) is 23.8 Å². The normalized spacial score (nSPS) is 12.1. The number of carbonyl (C=O) groups excluding carboxylic acids is 3. The third kappa shape index (κ3) is 7.53. The highest BCUT2D eigenvalue weighted by atomic mass is 16.5. The van der Waals surface area contributed by atoms with E-state index in [9.17, 15) is 19.2 Å². The molecule has 2 aromatic heterocycles. The van der Waals surface area contributed by atoms with Gasteiger partial charge in [0, 0.05) is 6.20 Å². The van der Waals surface area contributed by atoms with E-state index in [-0.39, 0.29) is 25.1 Å². The molecule has 0 aliphatic heterocycles. The molecule has 0 radical (unpaired) electrons. The first-order valence-corrected chi connectivity index (χ1v) is 11.9. The molecule has 37 heavy (non-hydrogen) atoms. The molecule has 11 nitrogen and oxygen atoms in total. The molecular formula is C26H31N5O6. The van der Waals surface area contributed by atoms with E-state index in [1.807, 2.05) is 18.2 Å². The fraction of sp³-hybridized carbons (Fsp3) is 0.346. The molecule has 0 bridgehead atoms. The molecule has 4 N–H and O–H groups in total. The number of nitrogens with two attached hydrogens (primary N) is 1. The van der Waals surface area contributed by atoms with Crippen LogP contribution in [0.15, 0.2) is 57.9 Å². The summed E-state index contributed by atoms with van der Waals surface area (Å²) in [5, 5.41) is 4.99. The quantitative estimate of drug-likeness (QED) is 0.335. The number of nitrogens with one attached hydrogen (secondary N) is 2. The Kier molecular flexibility index (Phi) is 9.20. The van der Waals surface area contributed by atoms with Crippen LogP contribution in [0.1, 0.15) is 38.1 Å². The number of primary amides is 1. The number of amides is 3. The first kappa shape index (κ1) is 27.2. The Morgan fingerprint density at radius 3 is 2.70 bits per heavy atom. The third-order valence-electron chi connectivity index (χ3n) is 5.45. The van der Waals surface area contributed by atoms with E-state index in [1.54, 1.807) is 12.3 Å². The van der Waals surface area contributed by atoms with Crippen molar-refractivity contribution in [1.82, 2.24) is 14.9 Å². The van der Waals surface area contributed by atoms with Gasteiger partial charge in [0.15, 0.2) is 5.58 Å². The van der Waals surface area contributed by atoms with Crippen LogP contribution in [-0.2, 0) is 27.3 Å². The maximum atomic E-state index is 13.1. The van der Waals surface area contributed by atoms with Crippen LogP contribution < -0.4 is 21.9 Å². The molecule has 0 fully saturated rings. The fourth-order valence-corrected chi connectivity index (χ4v) is 3.77. The van der Waals surface area contributed by atoms with Crippen LogP contribution >= 0.6 is 0 Å². The molecule has 0 aliphatic carbocycles. The highest BCUT2D eigenvalue weighted by molar-refractivity contribution is 5.96. The summed E-state index contributed by atoms with van der Waals surface area (Å²) in [6, 6.07) is 7.85. The van der Waals surface area contributed by atoms with E-state index in [0.717, 1.165) is 12.0 Å². The number of fused-ring (bicyclic) bond motifs is 1. The molecule has 1 atom stereocenters. The lowest BCUT2D eigenvalue weighted by molar-refractivity contribution is -0.118. The zero-order chi connectivity index (χ0) is 26.9. The van der Waals surface area contributed by atoms with Gasteiger partial charge in [-0.25, -0.2) is 9.78 Å². The van der Waals surface area contributed by atoms with Crippen molar-refractivity contribution >= 4 is 34.7 Å². The van der Waals surface area contributed by atoms with Crippen LogP contribution in [0.2, 0.25) is 0 Å². The lowest BCUT2D eigenvalue weighted by Gasteiger charge is -2.17. The first-order chi connectivity index (χ1) is 17.7. The molecule has 196 valence electrons. The summed E-state index contributed by atoms with van der Waals surface area (Å²) in [6.45, 7) is 4.32.